The van der Waals surface area contributed by atoms with Crippen molar-refractivity contribution in [1.29, 1.82) is 0 Å². The summed E-state index contributed by atoms with van der Waals surface area (Å²) in [6.07, 6.45) is 3.40. The zero-order valence-corrected chi connectivity index (χ0v) is 16.6. The molecule has 0 aliphatic heterocycles. The second-order valence-corrected chi connectivity index (χ2v) is 7.22. The maximum atomic E-state index is 5.43. The van der Waals surface area contributed by atoms with Crippen LogP contribution in [0.1, 0.15) is 5.69 Å². The molecule has 0 aliphatic carbocycles. The van der Waals surface area contributed by atoms with Crippen molar-refractivity contribution in [3.05, 3.63) is 47.7 Å². The summed E-state index contributed by atoms with van der Waals surface area (Å²) < 4.78 is 12.4. The number of thioether (sulfide) groups is 1. The third kappa shape index (κ3) is 3.80. The van der Waals surface area contributed by atoms with Crippen LogP contribution in [-0.2, 0) is 5.75 Å². The average Bonchev–Trinajstić information content (AvgIpc) is 3.42. The van der Waals surface area contributed by atoms with Crippen molar-refractivity contribution in [2.45, 2.75) is 10.9 Å². The van der Waals surface area contributed by atoms with Crippen LogP contribution in [0.25, 0.3) is 16.5 Å². The third-order valence-electron chi connectivity index (χ3n) is 3.71. The van der Waals surface area contributed by atoms with Gasteiger partial charge in [0.2, 0.25) is 5.16 Å². The van der Waals surface area contributed by atoms with Gasteiger partial charge in [0, 0.05) is 29.6 Å². The summed E-state index contributed by atoms with van der Waals surface area (Å²) in [5.41, 5.74) is 1.61. The number of benzene rings is 1. The topological polar surface area (TPSA) is 101 Å². The molecular formula is C17H15N7O2S2. The molecule has 1 aromatic carbocycles. The Morgan fingerprint density at radius 1 is 1.14 bits per heavy atom. The molecule has 4 aromatic rings. The fourth-order valence-electron chi connectivity index (χ4n) is 2.41. The molecule has 0 saturated heterocycles. The number of tetrazole rings is 1. The first-order chi connectivity index (χ1) is 13.8. The lowest BCUT2D eigenvalue weighted by atomic mass is 10.3. The lowest BCUT2D eigenvalue weighted by Gasteiger charge is -2.10. The number of hydrogen-bond acceptors (Lipinski definition) is 10. The van der Waals surface area contributed by atoms with Crippen LogP contribution in [0.3, 0.4) is 0 Å². The van der Waals surface area contributed by atoms with Gasteiger partial charge in [-0.2, -0.15) is 4.68 Å². The second kappa shape index (κ2) is 8.31. The van der Waals surface area contributed by atoms with Crippen LogP contribution in [0.2, 0.25) is 0 Å². The standard InChI is InChI=1S/C17H15N7O2S2/c1-25-12-4-5-14(26-2)13(8-12)24-17(21-22-23-24)28-10-11-9-27-16(20-11)15-18-6-3-7-19-15/h3-9H,10H2,1-2H3. The molecule has 0 spiro atoms. The van der Waals surface area contributed by atoms with Crippen LogP contribution in [0, 0.1) is 0 Å². The highest BCUT2D eigenvalue weighted by Crippen LogP contribution is 2.31. The Morgan fingerprint density at radius 2 is 2.00 bits per heavy atom. The SMILES string of the molecule is COc1ccc(OC)c(-n2nnnc2SCc2csc(-c3ncccn3)n2)c1. The Balaban J connectivity index is 1.54. The van der Waals surface area contributed by atoms with Crippen LogP contribution < -0.4 is 9.47 Å². The summed E-state index contributed by atoms with van der Waals surface area (Å²) in [5.74, 6) is 2.56. The van der Waals surface area contributed by atoms with E-state index in [1.807, 2.05) is 23.6 Å². The summed E-state index contributed by atoms with van der Waals surface area (Å²) in [4.78, 5) is 13.1. The molecule has 9 nitrogen and oxygen atoms in total. The highest BCUT2D eigenvalue weighted by molar-refractivity contribution is 7.98. The summed E-state index contributed by atoms with van der Waals surface area (Å²) >= 11 is 2.98. The number of methoxy groups -OCH3 is 2. The number of aromatic nitrogens is 7. The van der Waals surface area contributed by atoms with Gasteiger partial charge in [-0.05, 0) is 28.6 Å². The third-order valence-corrected chi connectivity index (χ3v) is 5.55. The van der Waals surface area contributed by atoms with Gasteiger partial charge in [0.05, 0.1) is 19.9 Å². The van der Waals surface area contributed by atoms with E-state index in [1.54, 1.807) is 37.4 Å². The molecule has 0 fully saturated rings. The van der Waals surface area contributed by atoms with E-state index in [-0.39, 0.29) is 0 Å². The number of thiazole rings is 1. The number of nitrogens with zero attached hydrogens (tertiary/aromatic N) is 7. The van der Waals surface area contributed by atoms with Crippen LogP contribution in [-0.4, -0.2) is 49.4 Å². The Kier molecular flexibility index (Phi) is 5.44. The number of ether oxygens (including phenoxy) is 2. The summed E-state index contributed by atoms with van der Waals surface area (Å²) in [6.45, 7) is 0. The molecule has 0 aliphatic rings. The number of hydrogen-bond donors (Lipinski definition) is 0. The molecule has 4 rings (SSSR count). The average molecular weight is 413 g/mol. The molecular weight excluding hydrogens is 398 g/mol. The quantitative estimate of drug-likeness (QED) is 0.423. The van der Waals surface area contributed by atoms with Gasteiger partial charge < -0.3 is 9.47 Å². The highest BCUT2D eigenvalue weighted by Gasteiger charge is 2.16. The van der Waals surface area contributed by atoms with E-state index in [0.29, 0.717) is 33.9 Å². The van der Waals surface area contributed by atoms with Crippen molar-refractivity contribution in [2.24, 2.45) is 0 Å². The van der Waals surface area contributed by atoms with Crippen molar-refractivity contribution >= 4 is 23.1 Å². The first-order valence-electron chi connectivity index (χ1n) is 8.14. The highest BCUT2D eigenvalue weighted by atomic mass is 32.2. The van der Waals surface area contributed by atoms with Gasteiger partial charge in [0.1, 0.15) is 17.2 Å². The van der Waals surface area contributed by atoms with Crippen molar-refractivity contribution in [3.8, 4) is 28.0 Å². The minimum atomic E-state index is 0.607. The lowest BCUT2D eigenvalue weighted by Crippen LogP contribution is -2.02. The zero-order valence-electron chi connectivity index (χ0n) is 15.0. The van der Waals surface area contributed by atoms with Crippen molar-refractivity contribution in [2.75, 3.05) is 14.2 Å². The Labute approximate surface area is 168 Å². The molecule has 11 heteroatoms. The van der Waals surface area contributed by atoms with Gasteiger partial charge in [-0.25, -0.2) is 15.0 Å². The summed E-state index contributed by atoms with van der Waals surface area (Å²) in [5, 5.41) is 15.4. The molecule has 0 bridgehead atoms. The second-order valence-electron chi connectivity index (χ2n) is 5.42. The van der Waals surface area contributed by atoms with Gasteiger partial charge in [-0.1, -0.05) is 11.8 Å². The normalized spacial score (nSPS) is 10.8. The molecule has 0 atom stereocenters. The fourth-order valence-corrected chi connectivity index (χ4v) is 4.05. The Hall–Kier alpha value is -3.05. The molecule has 3 aromatic heterocycles. The minimum Gasteiger partial charge on any atom is -0.497 e. The minimum absolute atomic E-state index is 0.607. The number of rotatable bonds is 7. The van der Waals surface area contributed by atoms with E-state index >= 15 is 0 Å². The van der Waals surface area contributed by atoms with E-state index in [2.05, 4.69) is 30.5 Å². The summed E-state index contributed by atoms with van der Waals surface area (Å²) in [7, 11) is 3.21. The predicted octanol–water partition coefficient (Wildman–Crippen LogP) is 2.89. The molecule has 0 N–H and O–H groups in total. The van der Waals surface area contributed by atoms with E-state index in [1.165, 1.54) is 23.1 Å². The first-order valence-corrected chi connectivity index (χ1v) is 10.0. The maximum Gasteiger partial charge on any atom is 0.214 e. The lowest BCUT2D eigenvalue weighted by molar-refractivity contribution is 0.399. The fraction of sp³-hybridized carbons (Fsp3) is 0.176. The van der Waals surface area contributed by atoms with Gasteiger partial charge in [-0.3, -0.25) is 0 Å². The van der Waals surface area contributed by atoms with Gasteiger partial charge >= 0.3 is 0 Å². The molecule has 0 saturated carbocycles. The monoisotopic (exact) mass is 413 g/mol. The van der Waals surface area contributed by atoms with Gasteiger partial charge in [0.25, 0.3) is 0 Å². The first kappa shape index (κ1) is 18.3. The van der Waals surface area contributed by atoms with Crippen LogP contribution >= 0.6 is 23.1 Å². The van der Waals surface area contributed by atoms with Crippen LogP contribution in [0.15, 0.2) is 47.2 Å². The molecule has 3 heterocycles. The molecule has 0 unspecified atom stereocenters. The zero-order chi connectivity index (χ0) is 19.3. The maximum absolute atomic E-state index is 5.43. The molecule has 142 valence electrons. The van der Waals surface area contributed by atoms with Crippen LogP contribution in [0.5, 0.6) is 11.5 Å². The molecule has 0 radical (unpaired) electrons. The van der Waals surface area contributed by atoms with Crippen molar-refractivity contribution in [3.63, 3.8) is 0 Å². The van der Waals surface area contributed by atoms with E-state index in [4.69, 9.17) is 9.47 Å². The van der Waals surface area contributed by atoms with E-state index in [0.717, 1.165) is 10.7 Å². The molecule has 0 amide bonds. The summed E-state index contributed by atoms with van der Waals surface area (Å²) in [6, 6.07) is 7.24. The Bertz CT molecular complexity index is 1070. The van der Waals surface area contributed by atoms with Crippen molar-refractivity contribution < 1.29 is 9.47 Å². The van der Waals surface area contributed by atoms with Gasteiger partial charge in [0.15, 0.2) is 10.8 Å². The Morgan fingerprint density at radius 3 is 2.79 bits per heavy atom. The molecule has 28 heavy (non-hydrogen) atoms. The smallest absolute Gasteiger partial charge is 0.214 e. The van der Waals surface area contributed by atoms with E-state index < -0.39 is 0 Å². The van der Waals surface area contributed by atoms with Crippen molar-refractivity contribution in [1.82, 2.24) is 35.2 Å². The van der Waals surface area contributed by atoms with Gasteiger partial charge in [-0.15, -0.1) is 16.4 Å². The predicted molar refractivity (Wildman–Crippen MR) is 105 cm³/mol. The van der Waals surface area contributed by atoms with E-state index in [9.17, 15) is 0 Å². The van der Waals surface area contributed by atoms with Crippen LogP contribution in [0.4, 0.5) is 0 Å². The largest absolute Gasteiger partial charge is 0.497 e.